The molecular weight excluding hydrogens is 348 g/mol. The predicted octanol–water partition coefficient (Wildman–Crippen LogP) is 0.468. The molecule has 0 unspecified atom stereocenters. The summed E-state index contributed by atoms with van der Waals surface area (Å²) in [5.74, 6) is -0.169. The molecule has 0 atom stereocenters. The molecule has 3 N–H and O–H groups in total. The molecule has 1 aliphatic heterocycles. The van der Waals surface area contributed by atoms with Crippen molar-refractivity contribution in [2.75, 3.05) is 20.5 Å². The van der Waals surface area contributed by atoms with E-state index in [1.54, 1.807) is 12.1 Å². The van der Waals surface area contributed by atoms with Crippen LogP contribution < -0.4 is 15.2 Å². The van der Waals surface area contributed by atoms with Gasteiger partial charge in [-0.2, -0.15) is 9.40 Å². The maximum atomic E-state index is 11.8. The van der Waals surface area contributed by atoms with E-state index in [-0.39, 0.29) is 30.2 Å². The van der Waals surface area contributed by atoms with Crippen LogP contribution in [0.3, 0.4) is 0 Å². The Morgan fingerprint density at radius 2 is 2.00 bits per heavy atom. The molecule has 0 saturated heterocycles. The summed E-state index contributed by atoms with van der Waals surface area (Å²) in [6, 6.07) is 3.30. The highest BCUT2D eigenvalue weighted by Gasteiger charge is 2.32. The molecule has 134 valence electrons. The van der Waals surface area contributed by atoms with Gasteiger partial charge in [-0.25, -0.2) is 8.42 Å². The lowest BCUT2D eigenvalue weighted by Crippen LogP contribution is -2.24. The molecule has 1 aliphatic rings. The summed E-state index contributed by atoms with van der Waals surface area (Å²) in [5, 5.41) is 7.13. The van der Waals surface area contributed by atoms with Gasteiger partial charge in [-0.3, -0.25) is 9.89 Å². The number of nitrogens with one attached hydrogen (secondary N) is 1. The number of benzene rings is 1. The third-order valence-electron chi connectivity index (χ3n) is 4.14. The second kappa shape index (κ2) is 6.05. The summed E-state index contributed by atoms with van der Waals surface area (Å²) < 4.78 is 35.5. The van der Waals surface area contributed by atoms with Crippen LogP contribution in [0.1, 0.15) is 21.6 Å². The van der Waals surface area contributed by atoms with Crippen LogP contribution in [0.5, 0.6) is 11.5 Å². The number of hydrogen-bond acceptors (Lipinski definition) is 6. The number of ether oxygens (including phenoxy) is 2. The first-order chi connectivity index (χ1) is 11.8. The van der Waals surface area contributed by atoms with Crippen molar-refractivity contribution in [1.29, 1.82) is 0 Å². The molecule has 0 fully saturated rings. The molecular formula is C15H18N4O5S. The van der Waals surface area contributed by atoms with Crippen LogP contribution in [0.25, 0.3) is 11.3 Å². The van der Waals surface area contributed by atoms with Crippen molar-refractivity contribution in [2.24, 2.45) is 5.73 Å². The number of hydrogen-bond donors (Lipinski definition) is 2. The third kappa shape index (κ3) is 2.83. The molecule has 1 aromatic carbocycles. The smallest absolute Gasteiger partial charge is 0.256 e. The monoisotopic (exact) mass is 366 g/mol. The topological polar surface area (TPSA) is 128 Å². The Kier molecular flexibility index (Phi) is 4.17. The average Bonchev–Trinajstić information content (AvgIpc) is 3.13. The summed E-state index contributed by atoms with van der Waals surface area (Å²) in [6.45, 7) is 0.420. The fourth-order valence-corrected chi connectivity index (χ4v) is 3.66. The summed E-state index contributed by atoms with van der Waals surface area (Å²) in [6.07, 6.45) is 1.16. The van der Waals surface area contributed by atoms with Gasteiger partial charge in [0.25, 0.3) is 5.91 Å². The molecule has 0 radical (unpaired) electrons. The van der Waals surface area contributed by atoms with E-state index in [0.29, 0.717) is 17.0 Å². The lowest BCUT2D eigenvalue weighted by Gasteiger charge is -2.15. The van der Waals surface area contributed by atoms with Crippen LogP contribution >= 0.6 is 0 Å². The zero-order chi connectivity index (χ0) is 18.4. The molecule has 25 heavy (non-hydrogen) atoms. The molecule has 2 heterocycles. The molecule has 1 amide bonds. The Morgan fingerprint density at radius 3 is 2.56 bits per heavy atom. The number of rotatable bonds is 5. The first-order valence-electron chi connectivity index (χ1n) is 7.34. The fraction of sp³-hybridized carbons (Fsp3) is 0.333. The molecule has 9 nitrogen and oxygen atoms in total. The number of nitrogens with two attached hydrogens (primary N) is 1. The largest absolute Gasteiger partial charge is 0.496 e. The SMILES string of the molecule is COc1ccc(-c2n[nH]c3c2CN(S(C)(=O)=O)C3)c(OC)c1C(N)=O. The van der Waals surface area contributed by atoms with Crippen molar-refractivity contribution in [2.45, 2.75) is 13.1 Å². The van der Waals surface area contributed by atoms with Gasteiger partial charge >= 0.3 is 0 Å². The van der Waals surface area contributed by atoms with Gasteiger partial charge in [0.1, 0.15) is 22.8 Å². The Hall–Kier alpha value is -2.59. The highest BCUT2D eigenvalue weighted by molar-refractivity contribution is 7.88. The number of carbonyl (C=O) groups is 1. The van der Waals surface area contributed by atoms with Crippen LogP contribution in [0.2, 0.25) is 0 Å². The lowest BCUT2D eigenvalue weighted by atomic mass is 10.0. The average molecular weight is 366 g/mol. The van der Waals surface area contributed by atoms with E-state index in [0.717, 1.165) is 11.8 Å². The van der Waals surface area contributed by atoms with E-state index in [1.165, 1.54) is 18.5 Å². The minimum Gasteiger partial charge on any atom is -0.496 e. The minimum atomic E-state index is -3.33. The normalized spacial score (nSPS) is 14.4. The van der Waals surface area contributed by atoms with Gasteiger partial charge < -0.3 is 15.2 Å². The maximum absolute atomic E-state index is 11.8. The number of carbonyl (C=O) groups excluding carboxylic acids is 1. The van der Waals surface area contributed by atoms with E-state index in [1.807, 2.05) is 0 Å². The minimum absolute atomic E-state index is 0.109. The van der Waals surface area contributed by atoms with Gasteiger partial charge in [0, 0.05) is 17.7 Å². The summed E-state index contributed by atoms with van der Waals surface area (Å²) >= 11 is 0. The lowest BCUT2D eigenvalue weighted by molar-refractivity contribution is 0.0994. The molecule has 0 aliphatic carbocycles. The quantitative estimate of drug-likeness (QED) is 0.792. The number of nitrogens with zero attached hydrogens (tertiary/aromatic N) is 2. The van der Waals surface area contributed by atoms with Crippen LogP contribution in [-0.4, -0.2) is 49.3 Å². The van der Waals surface area contributed by atoms with E-state index in [4.69, 9.17) is 15.2 Å². The number of fused-ring (bicyclic) bond motifs is 1. The molecule has 0 saturated carbocycles. The molecule has 0 spiro atoms. The molecule has 3 rings (SSSR count). The van der Waals surface area contributed by atoms with Gasteiger partial charge in [0.05, 0.1) is 32.7 Å². The number of sulfonamides is 1. The molecule has 2 aromatic rings. The van der Waals surface area contributed by atoms with Crippen molar-refractivity contribution in [1.82, 2.24) is 14.5 Å². The van der Waals surface area contributed by atoms with Gasteiger partial charge in [-0.05, 0) is 12.1 Å². The molecule has 0 bridgehead atoms. The Labute approximate surface area is 144 Å². The fourth-order valence-electron chi connectivity index (χ4n) is 2.93. The highest BCUT2D eigenvalue weighted by atomic mass is 32.2. The Balaban J connectivity index is 2.15. The van der Waals surface area contributed by atoms with Gasteiger partial charge in [-0.15, -0.1) is 0 Å². The first-order valence-corrected chi connectivity index (χ1v) is 9.19. The highest BCUT2D eigenvalue weighted by Crippen LogP contribution is 2.41. The van der Waals surface area contributed by atoms with Crippen LogP contribution in [0, 0.1) is 0 Å². The van der Waals surface area contributed by atoms with Gasteiger partial charge in [0.2, 0.25) is 10.0 Å². The van der Waals surface area contributed by atoms with E-state index in [9.17, 15) is 13.2 Å². The number of H-pyrrole nitrogens is 1. The molecule has 1 aromatic heterocycles. The van der Waals surface area contributed by atoms with E-state index >= 15 is 0 Å². The van der Waals surface area contributed by atoms with Crippen molar-refractivity contribution >= 4 is 15.9 Å². The second-order valence-corrected chi connectivity index (χ2v) is 7.63. The third-order valence-corrected chi connectivity index (χ3v) is 5.33. The zero-order valence-corrected chi connectivity index (χ0v) is 14.8. The van der Waals surface area contributed by atoms with Gasteiger partial charge in [-0.1, -0.05) is 0 Å². The van der Waals surface area contributed by atoms with E-state index < -0.39 is 15.9 Å². The first kappa shape index (κ1) is 17.2. The van der Waals surface area contributed by atoms with Gasteiger partial charge in [0.15, 0.2) is 0 Å². The summed E-state index contributed by atoms with van der Waals surface area (Å²) in [5.41, 5.74) is 8.07. The maximum Gasteiger partial charge on any atom is 0.256 e. The van der Waals surface area contributed by atoms with Crippen LogP contribution in [0.4, 0.5) is 0 Å². The number of amides is 1. The van der Waals surface area contributed by atoms with Crippen molar-refractivity contribution in [3.05, 3.63) is 29.0 Å². The number of methoxy groups -OCH3 is 2. The van der Waals surface area contributed by atoms with Crippen molar-refractivity contribution in [3.8, 4) is 22.8 Å². The standard InChI is InChI=1S/C15H18N4O5S/c1-23-11-5-4-8(14(24-2)12(11)15(16)20)13-9-6-19(25(3,21)22)7-10(9)17-18-13/h4-5H,6-7H2,1-3H3,(H2,16,20)(H,17,18). The van der Waals surface area contributed by atoms with E-state index in [2.05, 4.69) is 10.2 Å². The van der Waals surface area contributed by atoms with Crippen molar-refractivity contribution < 1.29 is 22.7 Å². The Bertz CT molecular complexity index is 951. The van der Waals surface area contributed by atoms with Crippen LogP contribution in [-0.2, 0) is 23.1 Å². The number of aromatic nitrogens is 2. The second-order valence-electron chi connectivity index (χ2n) is 5.65. The van der Waals surface area contributed by atoms with Crippen LogP contribution in [0.15, 0.2) is 12.1 Å². The van der Waals surface area contributed by atoms with Crippen molar-refractivity contribution in [3.63, 3.8) is 0 Å². The number of primary amides is 1. The summed E-state index contributed by atoms with van der Waals surface area (Å²) in [4.78, 5) is 11.8. The predicted molar refractivity (Wildman–Crippen MR) is 89.7 cm³/mol. The Morgan fingerprint density at radius 1 is 1.28 bits per heavy atom. The zero-order valence-electron chi connectivity index (χ0n) is 14.0. The molecule has 10 heteroatoms. The summed E-state index contributed by atoms with van der Waals surface area (Å²) in [7, 11) is -0.482. The number of aromatic amines is 1.